The molecular formula is C9H9BrN4O2. The van der Waals surface area contributed by atoms with E-state index in [1.807, 2.05) is 0 Å². The molecule has 0 bridgehead atoms. The van der Waals surface area contributed by atoms with Gasteiger partial charge in [0.05, 0.1) is 18.6 Å². The van der Waals surface area contributed by atoms with Gasteiger partial charge in [-0.3, -0.25) is 9.36 Å². The number of hydrogen-bond donors (Lipinski definition) is 0. The molecule has 16 heavy (non-hydrogen) atoms. The summed E-state index contributed by atoms with van der Waals surface area (Å²) in [7, 11) is 0. The second-order valence-corrected chi connectivity index (χ2v) is 4.17. The standard InChI is InChI=1S/C9H9BrN4O2/c1-5-7(13-16-12-5)3-14-4-11-6(2)8(10)9(14)15/h4H,3H2,1-2H3. The van der Waals surface area contributed by atoms with Gasteiger partial charge in [-0.05, 0) is 29.8 Å². The lowest BCUT2D eigenvalue weighted by molar-refractivity contribution is 0.300. The summed E-state index contributed by atoms with van der Waals surface area (Å²) >= 11 is 3.20. The highest BCUT2D eigenvalue weighted by molar-refractivity contribution is 9.10. The van der Waals surface area contributed by atoms with Gasteiger partial charge in [0.2, 0.25) is 0 Å². The Morgan fingerprint density at radius 2 is 2.12 bits per heavy atom. The third-order valence-corrected chi connectivity index (χ3v) is 3.14. The second kappa shape index (κ2) is 4.17. The Kier molecular flexibility index (Phi) is 2.86. The molecular weight excluding hydrogens is 276 g/mol. The zero-order valence-electron chi connectivity index (χ0n) is 8.77. The van der Waals surface area contributed by atoms with Crippen LogP contribution in [0.1, 0.15) is 17.1 Å². The Balaban J connectivity index is 2.40. The highest BCUT2D eigenvalue weighted by atomic mass is 79.9. The highest BCUT2D eigenvalue weighted by Crippen LogP contribution is 2.07. The summed E-state index contributed by atoms with van der Waals surface area (Å²) in [5.41, 5.74) is 1.81. The van der Waals surface area contributed by atoms with Gasteiger partial charge < -0.3 is 0 Å². The molecule has 0 radical (unpaired) electrons. The maximum atomic E-state index is 11.8. The van der Waals surface area contributed by atoms with Gasteiger partial charge in [0.15, 0.2) is 0 Å². The van der Waals surface area contributed by atoms with Gasteiger partial charge in [0.25, 0.3) is 5.56 Å². The van der Waals surface area contributed by atoms with Crippen LogP contribution in [0, 0.1) is 13.8 Å². The van der Waals surface area contributed by atoms with Gasteiger partial charge in [-0.25, -0.2) is 9.61 Å². The van der Waals surface area contributed by atoms with E-state index in [1.165, 1.54) is 10.9 Å². The molecule has 0 aromatic carbocycles. The van der Waals surface area contributed by atoms with Gasteiger partial charge in [0, 0.05) is 0 Å². The van der Waals surface area contributed by atoms with Gasteiger partial charge in [-0.1, -0.05) is 10.3 Å². The molecule has 0 aliphatic carbocycles. The maximum absolute atomic E-state index is 11.8. The molecule has 0 unspecified atom stereocenters. The van der Waals surface area contributed by atoms with Crippen LogP contribution in [0.3, 0.4) is 0 Å². The smallest absolute Gasteiger partial charge is 0.268 e. The van der Waals surface area contributed by atoms with Crippen molar-refractivity contribution in [3.05, 3.63) is 38.2 Å². The quantitative estimate of drug-likeness (QED) is 0.824. The molecule has 2 heterocycles. The maximum Gasteiger partial charge on any atom is 0.268 e. The molecule has 7 heteroatoms. The molecule has 84 valence electrons. The number of aryl methyl sites for hydroxylation is 2. The molecule has 0 atom stereocenters. The van der Waals surface area contributed by atoms with Crippen LogP contribution >= 0.6 is 15.9 Å². The van der Waals surface area contributed by atoms with Crippen molar-refractivity contribution in [2.45, 2.75) is 20.4 Å². The SMILES string of the molecule is Cc1nonc1Cn1cnc(C)c(Br)c1=O. The normalized spacial score (nSPS) is 10.7. The summed E-state index contributed by atoms with van der Waals surface area (Å²) in [6.07, 6.45) is 1.48. The average molecular weight is 285 g/mol. The number of nitrogens with zero attached hydrogens (tertiary/aromatic N) is 4. The van der Waals surface area contributed by atoms with E-state index < -0.39 is 0 Å². The zero-order valence-corrected chi connectivity index (χ0v) is 10.4. The van der Waals surface area contributed by atoms with Crippen LogP contribution in [0.5, 0.6) is 0 Å². The van der Waals surface area contributed by atoms with E-state index in [0.717, 1.165) is 0 Å². The molecule has 2 aromatic rings. The molecule has 0 amide bonds. The Morgan fingerprint density at radius 3 is 2.75 bits per heavy atom. The third-order valence-electron chi connectivity index (χ3n) is 2.22. The van der Waals surface area contributed by atoms with E-state index in [0.29, 0.717) is 28.1 Å². The first-order valence-electron chi connectivity index (χ1n) is 4.59. The van der Waals surface area contributed by atoms with E-state index in [4.69, 9.17) is 0 Å². The molecule has 2 aromatic heterocycles. The Hall–Kier alpha value is -1.50. The van der Waals surface area contributed by atoms with E-state index >= 15 is 0 Å². The van der Waals surface area contributed by atoms with Crippen LogP contribution < -0.4 is 5.56 Å². The fourth-order valence-corrected chi connectivity index (χ4v) is 1.54. The summed E-state index contributed by atoms with van der Waals surface area (Å²) in [6.45, 7) is 3.84. The van der Waals surface area contributed by atoms with E-state index in [1.54, 1.807) is 13.8 Å². The molecule has 0 N–H and O–H groups in total. The zero-order chi connectivity index (χ0) is 11.7. The first kappa shape index (κ1) is 11.0. The van der Waals surface area contributed by atoms with Crippen molar-refractivity contribution >= 4 is 15.9 Å². The lowest BCUT2D eigenvalue weighted by atomic mass is 10.3. The predicted octanol–water partition coefficient (Wildman–Crippen LogP) is 1.05. The van der Waals surface area contributed by atoms with Crippen molar-refractivity contribution in [2.24, 2.45) is 0 Å². The summed E-state index contributed by atoms with van der Waals surface area (Å²) in [5, 5.41) is 7.36. The van der Waals surface area contributed by atoms with E-state index in [9.17, 15) is 4.79 Å². The largest absolute Gasteiger partial charge is 0.292 e. The predicted molar refractivity (Wildman–Crippen MR) is 59.1 cm³/mol. The van der Waals surface area contributed by atoms with Crippen molar-refractivity contribution in [1.29, 1.82) is 0 Å². The van der Waals surface area contributed by atoms with Crippen molar-refractivity contribution < 1.29 is 4.63 Å². The minimum absolute atomic E-state index is 0.144. The fraction of sp³-hybridized carbons (Fsp3) is 0.333. The molecule has 0 spiro atoms. The summed E-state index contributed by atoms with van der Waals surface area (Å²) in [6, 6.07) is 0. The fourth-order valence-electron chi connectivity index (χ4n) is 1.21. The van der Waals surface area contributed by atoms with Crippen LogP contribution in [-0.2, 0) is 6.54 Å². The summed E-state index contributed by atoms with van der Waals surface area (Å²) < 4.78 is 6.47. The molecule has 0 saturated heterocycles. The highest BCUT2D eigenvalue weighted by Gasteiger charge is 2.10. The molecule has 0 aliphatic heterocycles. The van der Waals surface area contributed by atoms with Gasteiger partial charge >= 0.3 is 0 Å². The number of aromatic nitrogens is 4. The molecule has 0 fully saturated rings. The minimum atomic E-state index is -0.144. The Morgan fingerprint density at radius 1 is 1.38 bits per heavy atom. The van der Waals surface area contributed by atoms with Crippen LogP contribution in [0.2, 0.25) is 0 Å². The number of hydrogen-bond acceptors (Lipinski definition) is 5. The second-order valence-electron chi connectivity index (χ2n) is 3.37. The first-order chi connectivity index (χ1) is 7.59. The van der Waals surface area contributed by atoms with Gasteiger partial charge in [0.1, 0.15) is 15.9 Å². The number of rotatable bonds is 2. The average Bonchev–Trinajstić information content (AvgIpc) is 2.65. The van der Waals surface area contributed by atoms with Crippen molar-refractivity contribution in [2.75, 3.05) is 0 Å². The molecule has 2 rings (SSSR count). The summed E-state index contributed by atoms with van der Waals surface area (Å²) in [5.74, 6) is 0. The molecule has 0 saturated carbocycles. The van der Waals surface area contributed by atoms with Crippen LogP contribution in [0.15, 0.2) is 20.2 Å². The number of halogens is 1. The van der Waals surface area contributed by atoms with Crippen molar-refractivity contribution in [1.82, 2.24) is 19.9 Å². The molecule has 0 aliphatic rings. The first-order valence-corrected chi connectivity index (χ1v) is 5.38. The van der Waals surface area contributed by atoms with Crippen molar-refractivity contribution in [3.8, 4) is 0 Å². The monoisotopic (exact) mass is 284 g/mol. The van der Waals surface area contributed by atoms with Crippen LogP contribution in [0.25, 0.3) is 0 Å². The van der Waals surface area contributed by atoms with Gasteiger partial charge in [-0.15, -0.1) is 0 Å². The topological polar surface area (TPSA) is 73.8 Å². The lowest BCUT2D eigenvalue weighted by Crippen LogP contribution is -2.23. The van der Waals surface area contributed by atoms with Gasteiger partial charge in [-0.2, -0.15) is 0 Å². The van der Waals surface area contributed by atoms with E-state index in [-0.39, 0.29) is 5.56 Å². The molecule has 6 nitrogen and oxygen atoms in total. The van der Waals surface area contributed by atoms with Crippen molar-refractivity contribution in [3.63, 3.8) is 0 Å². The lowest BCUT2D eigenvalue weighted by Gasteiger charge is -2.04. The van der Waals surface area contributed by atoms with Crippen LogP contribution in [0.4, 0.5) is 0 Å². The third kappa shape index (κ3) is 1.90. The Labute approximate surface area is 99.4 Å². The Bertz CT molecular complexity index is 575. The van der Waals surface area contributed by atoms with Crippen LogP contribution in [-0.4, -0.2) is 19.9 Å². The van der Waals surface area contributed by atoms with E-state index in [2.05, 4.69) is 35.9 Å². The minimum Gasteiger partial charge on any atom is -0.292 e. The summed E-state index contributed by atoms with van der Waals surface area (Å²) in [4.78, 5) is 15.9.